The van der Waals surface area contributed by atoms with E-state index in [-0.39, 0.29) is 24.1 Å². The zero-order chi connectivity index (χ0) is 40.7. The van der Waals surface area contributed by atoms with E-state index in [1.807, 2.05) is 42.5 Å². The minimum Gasteiger partial charge on any atom is -0.537 e. The predicted octanol–water partition coefficient (Wildman–Crippen LogP) is 5.64. The Labute approximate surface area is 347 Å². The first-order valence-electron chi connectivity index (χ1n) is 21.1. The van der Waals surface area contributed by atoms with Crippen LogP contribution in [0.5, 0.6) is 11.5 Å². The van der Waals surface area contributed by atoms with Crippen molar-refractivity contribution < 1.29 is 28.8 Å². The van der Waals surface area contributed by atoms with Crippen molar-refractivity contribution in [3.8, 4) is 11.5 Å². The fourth-order valence-electron chi connectivity index (χ4n) is 9.14. The van der Waals surface area contributed by atoms with Gasteiger partial charge in [0.25, 0.3) is 5.91 Å². The van der Waals surface area contributed by atoms with Crippen molar-refractivity contribution in [1.29, 1.82) is 0 Å². The van der Waals surface area contributed by atoms with E-state index < -0.39 is 6.04 Å². The topological polar surface area (TPSA) is 115 Å². The third-order valence-corrected chi connectivity index (χ3v) is 12.4. The summed E-state index contributed by atoms with van der Waals surface area (Å²) in [6, 6.07) is 32.2. The van der Waals surface area contributed by atoms with Crippen molar-refractivity contribution in [2.24, 2.45) is 5.92 Å². The average Bonchev–Trinajstić information content (AvgIpc) is 3.59. The minimum atomic E-state index is -0.589. The largest absolute Gasteiger partial charge is 0.569 e. The Morgan fingerprint density at radius 1 is 0.780 bits per heavy atom. The van der Waals surface area contributed by atoms with Gasteiger partial charge in [-0.15, -0.1) is 0 Å². The maximum absolute atomic E-state index is 13.1. The molecule has 305 valence electrons. The normalized spacial score (nSPS) is 19.6. The molecular weight excluding hydrogens is 741 g/mol. The molecule has 3 amide bonds. The van der Waals surface area contributed by atoms with Crippen molar-refractivity contribution in [1.82, 2.24) is 20.0 Å². The van der Waals surface area contributed by atoms with Gasteiger partial charge in [0, 0.05) is 76.6 Å². The zero-order valence-electron chi connectivity index (χ0n) is 33.9. The summed E-state index contributed by atoms with van der Waals surface area (Å²) < 4.78 is 11.4. The molecule has 1 atom stereocenters. The molecule has 2 N–H and O–H groups in total. The number of nitrogens with zero attached hydrogens (tertiary/aromatic N) is 4. The molecule has 0 unspecified atom stereocenters. The number of piperazine rings is 1. The van der Waals surface area contributed by atoms with Gasteiger partial charge in [0.05, 0.1) is 0 Å². The van der Waals surface area contributed by atoms with E-state index in [4.69, 9.17) is 14.4 Å². The number of hydrogen-bond donors (Lipinski definition) is 2. The van der Waals surface area contributed by atoms with Crippen LogP contribution in [0.25, 0.3) is 11.1 Å². The molecule has 0 saturated carbocycles. The summed E-state index contributed by atoms with van der Waals surface area (Å²) in [6.07, 6.45) is 3.78. The van der Waals surface area contributed by atoms with Crippen LogP contribution in [0.4, 0.5) is 5.69 Å². The molecule has 59 heavy (non-hydrogen) atoms. The number of hydrogen-bond acceptors (Lipinski definition) is 9. The van der Waals surface area contributed by atoms with Gasteiger partial charge in [-0.2, -0.15) is 0 Å². The predicted molar refractivity (Wildman–Crippen MR) is 230 cm³/mol. The molecule has 4 aromatic rings. The fraction of sp³-hybridized carbons (Fsp3) is 0.383. The van der Waals surface area contributed by atoms with E-state index in [9.17, 15) is 14.4 Å². The number of ether oxygens (including phenoxy) is 1. The number of allylic oxidation sites excluding steroid dienone is 1. The Morgan fingerprint density at radius 2 is 1.46 bits per heavy atom. The smallest absolute Gasteiger partial charge is 0.537 e. The molecule has 3 saturated heterocycles. The molecule has 0 spiro atoms. The molecule has 11 nitrogen and oxygen atoms in total. The molecule has 12 heteroatoms. The van der Waals surface area contributed by atoms with E-state index >= 15 is 0 Å². The van der Waals surface area contributed by atoms with Gasteiger partial charge in [0.15, 0.2) is 0 Å². The summed E-state index contributed by atoms with van der Waals surface area (Å²) in [5.41, 5.74) is 8.55. The minimum absolute atomic E-state index is 0.125. The Morgan fingerprint density at radius 3 is 2.12 bits per heavy atom. The Hall–Kier alpha value is -5.43. The molecule has 4 aliphatic rings. The van der Waals surface area contributed by atoms with E-state index in [1.165, 1.54) is 11.1 Å². The van der Waals surface area contributed by atoms with Gasteiger partial charge in [-0.25, -0.2) is 0 Å². The van der Waals surface area contributed by atoms with E-state index in [0.29, 0.717) is 44.5 Å². The molecule has 3 fully saturated rings. The van der Waals surface area contributed by atoms with Crippen molar-refractivity contribution in [2.75, 3.05) is 63.9 Å². The number of carbonyl (C=O) groups is 3. The highest BCUT2D eigenvalue weighted by Gasteiger charge is 2.39. The summed E-state index contributed by atoms with van der Waals surface area (Å²) in [5.74, 6) is 1.33. The second kappa shape index (κ2) is 18.7. The van der Waals surface area contributed by atoms with Crippen molar-refractivity contribution in [3.63, 3.8) is 0 Å². The lowest BCUT2D eigenvalue weighted by atomic mass is 9.88. The number of nitrogens with one attached hydrogen (secondary N) is 1. The molecule has 0 bridgehead atoms. The first-order valence-corrected chi connectivity index (χ1v) is 21.1. The number of benzene rings is 4. The van der Waals surface area contributed by atoms with Gasteiger partial charge in [0.2, 0.25) is 11.8 Å². The molecule has 0 aromatic heterocycles. The summed E-state index contributed by atoms with van der Waals surface area (Å²) in [5, 5.41) is 11.5. The summed E-state index contributed by atoms with van der Waals surface area (Å²) in [4.78, 5) is 46.4. The number of piperidine rings is 2. The number of imide groups is 1. The molecule has 4 aromatic carbocycles. The van der Waals surface area contributed by atoms with Gasteiger partial charge >= 0.3 is 7.69 Å². The molecule has 8 rings (SSSR count). The van der Waals surface area contributed by atoms with E-state index in [2.05, 4.69) is 81.5 Å². The number of anilines is 1. The van der Waals surface area contributed by atoms with Crippen molar-refractivity contribution in [2.45, 2.75) is 51.6 Å². The number of carbonyl (C=O) groups excluding carboxylic acids is 3. The number of amides is 3. The van der Waals surface area contributed by atoms with Crippen LogP contribution in [-0.2, 0) is 16.1 Å². The first kappa shape index (κ1) is 40.4. The lowest BCUT2D eigenvalue weighted by Gasteiger charge is -2.39. The van der Waals surface area contributed by atoms with Crippen LogP contribution in [0.3, 0.4) is 0 Å². The lowest BCUT2D eigenvalue weighted by Crippen LogP contribution is -2.52. The van der Waals surface area contributed by atoms with Gasteiger partial charge in [0.1, 0.15) is 24.1 Å². The molecular formula is C47H53BN5O6. The van der Waals surface area contributed by atoms with Gasteiger partial charge in [-0.1, -0.05) is 61.5 Å². The van der Waals surface area contributed by atoms with E-state index in [0.717, 1.165) is 105 Å². The van der Waals surface area contributed by atoms with Crippen LogP contribution in [0.15, 0.2) is 97.1 Å². The van der Waals surface area contributed by atoms with Gasteiger partial charge < -0.3 is 29.1 Å². The van der Waals surface area contributed by atoms with Crippen LogP contribution in [0.2, 0.25) is 0 Å². The van der Waals surface area contributed by atoms with Crippen LogP contribution in [0, 0.1) is 5.92 Å². The third-order valence-electron chi connectivity index (χ3n) is 12.4. The van der Waals surface area contributed by atoms with Crippen molar-refractivity contribution >= 4 is 42.2 Å². The summed E-state index contributed by atoms with van der Waals surface area (Å²) >= 11 is 0. The zero-order valence-corrected chi connectivity index (χ0v) is 33.9. The highest BCUT2D eigenvalue weighted by molar-refractivity contribution is 6.17. The third kappa shape index (κ3) is 9.41. The SMILES string of the molecule is CC/C(=C(/c1ccc(O[B]O)cc1)c1ccc(OCCN2CCN(CC3CCN(c4ccc5c(c4)CN([C@H]4CCC(=O)NC4=O)C5=O)CC3)CC2)cc1)c1ccccc1. The quantitative estimate of drug-likeness (QED) is 0.0953. The maximum Gasteiger partial charge on any atom is 0.569 e. The Kier molecular flexibility index (Phi) is 12.8. The van der Waals surface area contributed by atoms with Crippen LogP contribution in [-0.4, -0.2) is 110 Å². The van der Waals surface area contributed by atoms with Crippen LogP contribution < -0.4 is 19.6 Å². The maximum atomic E-state index is 13.1. The molecule has 1 radical (unpaired) electrons. The molecule has 4 aliphatic heterocycles. The Bertz CT molecular complexity index is 2130. The second-order valence-corrected chi connectivity index (χ2v) is 16.0. The Balaban J connectivity index is 0.783. The van der Waals surface area contributed by atoms with Crippen LogP contribution in [0.1, 0.15) is 71.6 Å². The van der Waals surface area contributed by atoms with Crippen LogP contribution >= 0.6 is 0 Å². The van der Waals surface area contributed by atoms with Crippen molar-refractivity contribution in [3.05, 3.63) is 125 Å². The highest BCUT2D eigenvalue weighted by atomic mass is 16.5. The average molecular weight is 795 g/mol. The summed E-state index contributed by atoms with van der Waals surface area (Å²) in [7, 11) is 0.700. The molecule has 0 aliphatic carbocycles. The first-order chi connectivity index (χ1) is 28.9. The lowest BCUT2D eigenvalue weighted by molar-refractivity contribution is -0.136. The standard InChI is InChI=1S/C47H53BN5O6/c1-2-41(34-6-4-3-5-7-34)45(36-10-15-40(16-11-36)59-48-57)35-8-13-39(14-9-35)58-29-28-50-24-26-51(27-25-50)31-33-20-22-52(23-21-33)38-12-17-42-37(30-38)32-53(47(42)56)43-18-19-44(54)49-46(43)55/h3-17,30,33,43,57H,2,18-29,31-32H2,1H3,(H,49,54,55)/b45-41-/t43-/m0/s1. The number of rotatable bonds is 14. The van der Waals surface area contributed by atoms with E-state index in [1.54, 1.807) is 4.90 Å². The van der Waals surface area contributed by atoms with Gasteiger partial charge in [-0.05, 0) is 107 Å². The monoisotopic (exact) mass is 794 g/mol. The number of fused-ring (bicyclic) bond motifs is 1. The fourth-order valence-corrected chi connectivity index (χ4v) is 9.14. The highest BCUT2D eigenvalue weighted by Crippen LogP contribution is 2.36. The molecule has 4 heterocycles. The summed E-state index contributed by atoms with van der Waals surface area (Å²) in [6.45, 7) is 11.5. The second-order valence-electron chi connectivity index (χ2n) is 16.0. The van der Waals surface area contributed by atoms with Gasteiger partial charge in [-0.3, -0.25) is 24.6 Å².